The van der Waals surface area contributed by atoms with E-state index in [0.717, 1.165) is 23.1 Å². The summed E-state index contributed by atoms with van der Waals surface area (Å²) in [5, 5.41) is 2.96. The normalized spacial score (nSPS) is 16.1. The molecule has 1 atom stereocenters. The number of nitrogens with one attached hydrogen (secondary N) is 1. The van der Waals surface area contributed by atoms with E-state index in [4.69, 9.17) is 0 Å². The topological polar surface area (TPSA) is 50.7 Å². The van der Waals surface area contributed by atoms with Gasteiger partial charge in [-0.25, -0.2) is 9.97 Å². The fraction of sp³-hybridized carbons (Fsp3) is 0.400. The molecule has 2 aromatic rings. The molecule has 1 unspecified atom stereocenters. The molecular weight excluding hydrogens is 236 g/mol. The summed E-state index contributed by atoms with van der Waals surface area (Å²) in [6, 6.07) is 4.20. The van der Waals surface area contributed by atoms with Gasteiger partial charge in [0.15, 0.2) is 0 Å². The minimum Gasteiger partial charge on any atom is -0.372 e. The van der Waals surface area contributed by atoms with Crippen LogP contribution in [-0.2, 0) is 0 Å². The van der Waals surface area contributed by atoms with Gasteiger partial charge >= 0.3 is 0 Å². The quantitative estimate of drug-likeness (QED) is 0.911. The first-order valence-electron chi connectivity index (χ1n) is 6.74. The molecule has 98 valence electrons. The zero-order chi connectivity index (χ0) is 13.2. The lowest BCUT2D eigenvalue weighted by atomic mass is 9.98. The summed E-state index contributed by atoms with van der Waals surface area (Å²) in [5.74, 6) is 2.25. The van der Waals surface area contributed by atoms with E-state index in [1.165, 1.54) is 18.4 Å². The van der Waals surface area contributed by atoms with Gasteiger partial charge < -0.3 is 5.32 Å². The van der Waals surface area contributed by atoms with Crippen LogP contribution in [0, 0.1) is 5.92 Å². The van der Waals surface area contributed by atoms with Gasteiger partial charge in [-0.15, -0.1) is 0 Å². The number of aromatic nitrogens is 3. The Hall–Kier alpha value is -1.97. The minimum absolute atomic E-state index is 0.624. The first-order valence-corrected chi connectivity index (χ1v) is 6.74. The average molecular weight is 254 g/mol. The molecule has 0 amide bonds. The number of anilines is 1. The fourth-order valence-corrected chi connectivity index (χ4v) is 2.28. The van der Waals surface area contributed by atoms with Gasteiger partial charge in [0.2, 0.25) is 0 Å². The number of nitrogens with zero attached hydrogens (tertiary/aromatic N) is 3. The molecule has 1 saturated carbocycles. The molecule has 0 aliphatic heterocycles. The van der Waals surface area contributed by atoms with Gasteiger partial charge in [-0.1, -0.05) is 13.0 Å². The van der Waals surface area contributed by atoms with E-state index >= 15 is 0 Å². The van der Waals surface area contributed by atoms with Crippen LogP contribution in [0.5, 0.6) is 0 Å². The third-order valence-electron chi connectivity index (χ3n) is 3.81. The Morgan fingerprint density at radius 3 is 2.37 bits per heavy atom. The molecule has 1 aliphatic carbocycles. The van der Waals surface area contributed by atoms with Crippen molar-refractivity contribution in [2.24, 2.45) is 5.92 Å². The Kier molecular flexibility index (Phi) is 3.15. The van der Waals surface area contributed by atoms with Crippen molar-refractivity contribution in [2.75, 3.05) is 12.4 Å². The zero-order valence-electron chi connectivity index (χ0n) is 11.3. The highest BCUT2D eigenvalue weighted by atomic mass is 15.0. The maximum absolute atomic E-state index is 4.51. The Balaban J connectivity index is 1.80. The van der Waals surface area contributed by atoms with Gasteiger partial charge in [0.05, 0.1) is 18.1 Å². The monoisotopic (exact) mass is 254 g/mol. The van der Waals surface area contributed by atoms with E-state index in [-0.39, 0.29) is 0 Å². The van der Waals surface area contributed by atoms with Gasteiger partial charge in [0, 0.05) is 13.2 Å². The Morgan fingerprint density at radius 1 is 1.05 bits per heavy atom. The lowest BCUT2D eigenvalue weighted by molar-refractivity contribution is 0.661. The second-order valence-corrected chi connectivity index (χ2v) is 5.14. The van der Waals surface area contributed by atoms with E-state index in [1.807, 2.05) is 19.3 Å². The number of hydrogen-bond donors (Lipinski definition) is 1. The van der Waals surface area contributed by atoms with Crippen LogP contribution < -0.4 is 5.32 Å². The molecule has 0 aromatic carbocycles. The summed E-state index contributed by atoms with van der Waals surface area (Å²) in [7, 11) is 1.83. The van der Waals surface area contributed by atoms with Crippen LogP contribution in [0.25, 0.3) is 11.4 Å². The van der Waals surface area contributed by atoms with Gasteiger partial charge in [-0.2, -0.15) is 0 Å². The van der Waals surface area contributed by atoms with Crippen molar-refractivity contribution in [1.82, 2.24) is 15.0 Å². The van der Waals surface area contributed by atoms with Crippen molar-refractivity contribution in [1.29, 1.82) is 0 Å². The predicted octanol–water partition coefficient (Wildman–Crippen LogP) is 3.09. The van der Waals surface area contributed by atoms with E-state index < -0.39 is 0 Å². The first-order chi connectivity index (χ1) is 9.28. The van der Waals surface area contributed by atoms with E-state index in [1.54, 1.807) is 12.4 Å². The van der Waals surface area contributed by atoms with Gasteiger partial charge in [-0.3, -0.25) is 4.98 Å². The molecule has 1 aliphatic rings. The lowest BCUT2D eigenvalue weighted by Crippen LogP contribution is -1.98. The highest BCUT2D eigenvalue weighted by Crippen LogP contribution is 2.42. The average Bonchev–Trinajstić information content (AvgIpc) is 3.31. The van der Waals surface area contributed by atoms with Gasteiger partial charge in [0.1, 0.15) is 11.5 Å². The van der Waals surface area contributed by atoms with Crippen LogP contribution in [-0.4, -0.2) is 22.0 Å². The smallest absolute Gasteiger partial charge is 0.144 e. The summed E-state index contributed by atoms with van der Waals surface area (Å²) in [6.07, 6.45) is 8.17. The van der Waals surface area contributed by atoms with E-state index in [9.17, 15) is 0 Å². The second-order valence-electron chi connectivity index (χ2n) is 5.14. The molecule has 0 saturated heterocycles. The van der Waals surface area contributed by atoms with Crippen molar-refractivity contribution in [3.8, 4) is 11.4 Å². The van der Waals surface area contributed by atoms with Gasteiger partial charge in [-0.05, 0) is 36.3 Å². The maximum atomic E-state index is 4.51. The molecule has 2 aromatic heterocycles. The Labute approximate surface area is 113 Å². The predicted molar refractivity (Wildman–Crippen MR) is 75.9 cm³/mol. The Morgan fingerprint density at radius 2 is 1.84 bits per heavy atom. The maximum Gasteiger partial charge on any atom is 0.144 e. The summed E-state index contributed by atoms with van der Waals surface area (Å²) < 4.78 is 0. The molecule has 1 fully saturated rings. The number of rotatable bonds is 4. The number of hydrogen-bond acceptors (Lipinski definition) is 4. The van der Waals surface area contributed by atoms with Crippen LogP contribution >= 0.6 is 0 Å². The molecule has 4 nitrogen and oxygen atoms in total. The molecule has 0 bridgehead atoms. The Bertz CT molecular complexity index is 543. The van der Waals surface area contributed by atoms with Crippen molar-refractivity contribution in [2.45, 2.75) is 25.7 Å². The molecule has 1 N–H and O–H groups in total. The molecule has 2 heterocycles. The molecular formula is C15H18N4. The third kappa shape index (κ3) is 2.57. The van der Waals surface area contributed by atoms with E-state index in [2.05, 4.69) is 33.3 Å². The van der Waals surface area contributed by atoms with Crippen LogP contribution in [0.15, 0.2) is 30.7 Å². The van der Waals surface area contributed by atoms with Crippen LogP contribution in [0.3, 0.4) is 0 Å². The lowest BCUT2D eigenvalue weighted by Gasteiger charge is -2.10. The SMILES string of the molecule is CNc1cnc(-c2ccc(C(C)C3CC3)cn2)cn1. The highest BCUT2D eigenvalue weighted by molar-refractivity contribution is 5.54. The van der Waals surface area contributed by atoms with Gasteiger partial charge in [0.25, 0.3) is 0 Å². The highest BCUT2D eigenvalue weighted by Gasteiger charge is 2.28. The van der Waals surface area contributed by atoms with E-state index in [0.29, 0.717) is 5.92 Å². The minimum atomic E-state index is 0.624. The second kappa shape index (κ2) is 4.96. The molecule has 3 rings (SSSR count). The van der Waals surface area contributed by atoms with Crippen LogP contribution in [0.2, 0.25) is 0 Å². The fourth-order valence-electron chi connectivity index (χ4n) is 2.28. The molecule has 19 heavy (non-hydrogen) atoms. The van der Waals surface area contributed by atoms with Crippen molar-refractivity contribution >= 4 is 5.82 Å². The molecule has 4 heteroatoms. The summed E-state index contributed by atoms with van der Waals surface area (Å²) in [4.78, 5) is 13.1. The third-order valence-corrected chi connectivity index (χ3v) is 3.81. The largest absolute Gasteiger partial charge is 0.372 e. The van der Waals surface area contributed by atoms with Crippen molar-refractivity contribution in [3.05, 3.63) is 36.3 Å². The summed E-state index contributed by atoms with van der Waals surface area (Å²) in [5.41, 5.74) is 3.01. The van der Waals surface area contributed by atoms with Crippen LogP contribution in [0.4, 0.5) is 5.82 Å². The first kappa shape index (κ1) is 12.1. The standard InChI is InChI=1S/C15H18N4/c1-10(11-3-4-11)12-5-6-13(17-7-12)14-8-19-15(16-2)9-18-14/h5-11H,3-4H2,1-2H3,(H,16,19). The van der Waals surface area contributed by atoms with Crippen LogP contribution in [0.1, 0.15) is 31.2 Å². The summed E-state index contributed by atoms with van der Waals surface area (Å²) >= 11 is 0. The van der Waals surface area contributed by atoms with Crippen molar-refractivity contribution in [3.63, 3.8) is 0 Å². The van der Waals surface area contributed by atoms with Crippen molar-refractivity contribution < 1.29 is 0 Å². The molecule has 0 radical (unpaired) electrons. The summed E-state index contributed by atoms with van der Waals surface area (Å²) in [6.45, 7) is 2.29. The number of pyridine rings is 1. The zero-order valence-corrected chi connectivity index (χ0v) is 11.3. The molecule has 0 spiro atoms.